The molecule has 0 radical (unpaired) electrons. The van der Waals surface area contributed by atoms with Gasteiger partial charge in [-0.3, -0.25) is 4.79 Å². The van der Waals surface area contributed by atoms with Gasteiger partial charge in [0.05, 0.1) is 11.7 Å². The van der Waals surface area contributed by atoms with Crippen molar-refractivity contribution in [1.29, 1.82) is 0 Å². The second-order valence-corrected chi connectivity index (χ2v) is 13.8. The Morgan fingerprint density at radius 3 is 2.36 bits per heavy atom. The van der Waals surface area contributed by atoms with Crippen LogP contribution in [0.1, 0.15) is 113 Å². The van der Waals surface area contributed by atoms with Gasteiger partial charge in [-0.15, -0.1) is 0 Å². The fourth-order valence-electron chi connectivity index (χ4n) is 9.47. The van der Waals surface area contributed by atoms with Gasteiger partial charge in [-0.2, -0.15) is 0 Å². The van der Waals surface area contributed by atoms with Crippen LogP contribution in [0.15, 0.2) is 11.6 Å². The lowest BCUT2D eigenvalue weighted by Crippen LogP contribution is -2.60. The van der Waals surface area contributed by atoms with Gasteiger partial charge in [-0.05, 0) is 97.7 Å². The van der Waals surface area contributed by atoms with E-state index in [0.717, 1.165) is 51.4 Å². The molecule has 0 spiro atoms. The third-order valence-electron chi connectivity index (χ3n) is 11.6. The van der Waals surface area contributed by atoms with Gasteiger partial charge in [0.15, 0.2) is 0 Å². The van der Waals surface area contributed by atoms with Crippen molar-refractivity contribution in [3.05, 3.63) is 11.6 Å². The summed E-state index contributed by atoms with van der Waals surface area (Å²) < 4.78 is 0. The number of rotatable bonds is 6. The Hall–Kier alpha value is -0.670. The van der Waals surface area contributed by atoms with Gasteiger partial charge < -0.3 is 10.2 Å². The molecule has 2 N–H and O–H groups in total. The van der Waals surface area contributed by atoms with Crippen LogP contribution in [0.25, 0.3) is 0 Å². The number of hydrogen-bond acceptors (Lipinski definition) is 3. The highest BCUT2D eigenvalue weighted by atomic mass is 16.3. The van der Waals surface area contributed by atoms with E-state index in [-0.39, 0.29) is 28.3 Å². The minimum absolute atomic E-state index is 0.0237. The third kappa shape index (κ3) is 3.88. The molecule has 33 heavy (non-hydrogen) atoms. The largest absolute Gasteiger partial charge is 0.393 e. The summed E-state index contributed by atoms with van der Waals surface area (Å²) in [5.41, 5.74) is 0.793. The summed E-state index contributed by atoms with van der Waals surface area (Å²) in [5, 5.41) is 21.4. The van der Waals surface area contributed by atoms with Crippen LogP contribution in [0, 0.1) is 45.8 Å². The van der Waals surface area contributed by atoms with E-state index >= 15 is 0 Å². The first-order valence-corrected chi connectivity index (χ1v) is 13.9. The lowest BCUT2D eigenvalue weighted by atomic mass is 9.40. The van der Waals surface area contributed by atoms with Crippen molar-refractivity contribution in [3.8, 4) is 0 Å². The molecule has 0 aromatic carbocycles. The maximum Gasteiger partial charge on any atom is 0.137 e. The molecule has 0 aliphatic heterocycles. The molecule has 0 amide bonds. The van der Waals surface area contributed by atoms with Crippen LogP contribution in [0.4, 0.5) is 0 Å². The first-order chi connectivity index (χ1) is 15.3. The number of aliphatic hydroxyl groups is 2. The van der Waals surface area contributed by atoms with Crippen molar-refractivity contribution in [3.63, 3.8) is 0 Å². The predicted molar refractivity (Wildman–Crippen MR) is 135 cm³/mol. The third-order valence-corrected chi connectivity index (χ3v) is 11.6. The molecule has 0 aromatic heterocycles. The number of hydrogen-bond donors (Lipinski definition) is 2. The Morgan fingerprint density at radius 2 is 1.73 bits per heavy atom. The topological polar surface area (TPSA) is 57.5 Å². The maximum atomic E-state index is 14.1. The van der Waals surface area contributed by atoms with Gasteiger partial charge in [0.25, 0.3) is 0 Å². The normalized spacial score (nSPS) is 46.9. The molecule has 4 aliphatic rings. The molecule has 3 saturated carbocycles. The standard InChI is InChI=1S/C30H50O3/c1-8-30(33)16-15-27(5)21(17-30)13-14-28(6)25-12-10-22(20(4)9-11-23(31)19(2)3)29(25,7)18-24(32)26(27)28/h13,19-20,22-23,25-26,31,33H,8-12,14-18H2,1-7H3/t20-,22-,23-,25+,26-,27+,28?,29-,30+/m1/s1. The fourth-order valence-corrected chi connectivity index (χ4v) is 9.47. The zero-order valence-corrected chi connectivity index (χ0v) is 22.4. The van der Waals surface area contributed by atoms with Gasteiger partial charge in [0, 0.05) is 12.3 Å². The predicted octanol–water partition coefficient (Wildman–Crippen LogP) is 6.71. The first-order valence-electron chi connectivity index (χ1n) is 13.9. The summed E-state index contributed by atoms with van der Waals surface area (Å²) >= 11 is 0. The Bertz CT molecular complexity index is 800. The zero-order valence-electron chi connectivity index (χ0n) is 22.4. The van der Waals surface area contributed by atoms with Crippen LogP contribution in [0.3, 0.4) is 0 Å². The van der Waals surface area contributed by atoms with Crippen LogP contribution in [-0.2, 0) is 4.79 Å². The summed E-state index contributed by atoms with van der Waals surface area (Å²) in [5.74, 6) is 2.59. The molecule has 0 aromatic rings. The van der Waals surface area contributed by atoms with E-state index in [0.29, 0.717) is 29.5 Å². The van der Waals surface area contributed by atoms with E-state index in [9.17, 15) is 15.0 Å². The summed E-state index contributed by atoms with van der Waals surface area (Å²) in [7, 11) is 0. The molecular formula is C30H50O3. The van der Waals surface area contributed by atoms with Crippen molar-refractivity contribution < 1.29 is 15.0 Å². The Labute approximate surface area is 202 Å². The summed E-state index contributed by atoms with van der Waals surface area (Å²) in [6, 6.07) is 0. The molecule has 0 heterocycles. The smallest absolute Gasteiger partial charge is 0.137 e. The lowest BCUT2D eigenvalue weighted by molar-refractivity contribution is -0.161. The Balaban J connectivity index is 1.60. The molecule has 3 nitrogen and oxygen atoms in total. The summed E-state index contributed by atoms with van der Waals surface area (Å²) in [6.07, 6.45) is 11.6. The highest BCUT2D eigenvalue weighted by molar-refractivity contribution is 5.85. The van der Waals surface area contributed by atoms with Crippen molar-refractivity contribution in [2.45, 2.75) is 124 Å². The second-order valence-electron chi connectivity index (χ2n) is 13.8. The van der Waals surface area contributed by atoms with Crippen molar-refractivity contribution in [2.75, 3.05) is 0 Å². The fraction of sp³-hybridized carbons (Fsp3) is 0.900. The van der Waals surface area contributed by atoms with Gasteiger partial charge in [-0.1, -0.05) is 60.1 Å². The van der Waals surface area contributed by atoms with E-state index in [1.54, 1.807) is 0 Å². The lowest BCUT2D eigenvalue weighted by Gasteiger charge is -2.63. The van der Waals surface area contributed by atoms with Gasteiger partial charge in [-0.25, -0.2) is 0 Å². The van der Waals surface area contributed by atoms with E-state index in [2.05, 4.69) is 54.5 Å². The number of carbonyl (C=O) groups is 1. The van der Waals surface area contributed by atoms with E-state index in [1.807, 2.05) is 0 Å². The van der Waals surface area contributed by atoms with Gasteiger partial charge in [0.2, 0.25) is 0 Å². The van der Waals surface area contributed by atoms with E-state index in [1.165, 1.54) is 18.4 Å². The van der Waals surface area contributed by atoms with Crippen LogP contribution in [-0.4, -0.2) is 27.7 Å². The number of carbonyl (C=O) groups excluding carboxylic acids is 1. The molecule has 4 aliphatic carbocycles. The molecule has 9 atom stereocenters. The van der Waals surface area contributed by atoms with Crippen LogP contribution < -0.4 is 0 Å². The van der Waals surface area contributed by atoms with Crippen LogP contribution in [0.2, 0.25) is 0 Å². The maximum absolute atomic E-state index is 14.1. The van der Waals surface area contributed by atoms with Gasteiger partial charge >= 0.3 is 0 Å². The molecule has 0 saturated heterocycles. The average Bonchev–Trinajstić information content (AvgIpc) is 3.09. The molecule has 4 rings (SSSR count). The Kier molecular flexibility index (Phi) is 6.53. The quantitative estimate of drug-likeness (QED) is 0.435. The number of allylic oxidation sites excluding steroid dienone is 1. The SMILES string of the molecule is CC[C@]1(O)CC[C@@]2(C)C(=CCC3(C)[C@@H]4CC[C@H]([C@H](C)CC[C@@H](O)C(C)C)[C@@]4(C)CC(=O)[C@@H]32)C1. The Morgan fingerprint density at radius 1 is 1.03 bits per heavy atom. The van der Waals surface area contributed by atoms with Crippen molar-refractivity contribution >= 4 is 5.78 Å². The summed E-state index contributed by atoms with van der Waals surface area (Å²) in [4.78, 5) is 14.1. The molecule has 188 valence electrons. The highest BCUT2D eigenvalue weighted by Crippen LogP contribution is 2.71. The van der Waals surface area contributed by atoms with Crippen molar-refractivity contribution in [2.24, 2.45) is 45.8 Å². The number of ketones is 1. The van der Waals surface area contributed by atoms with Crippen LogP contribution in [0.5, 0.6) is 0 Å². The average molecular weight is 459 g/mol. The number of fused-ring (bicyclic) bond motifs is 5. The minimum atomic E-state index is -0.584. The molecular weight excluding hydrogens is 408 g/mol. The molecule has 3 heteroatoms. The number of Topliss-reactive ketones (excluding diaryl/α,β-unsaturated/α-hetero) is 1. The highest BCUT2D eigenvalue weighted by Gasteiger charge is 2.67. The molecule has 0 bridgehead atoms. The summed E-state index contributed by atoms with van der Waals surface area (Å²) in [6.45, 7) is 15.9. The van der Waals surface area contributed by atoms with E-state index in [4.69, 9.17) is 0 Å². The van der Waals surface area contributed by atoms with E-state index < -0.39 is 5.60 Å². The monoisotopic (exact) mass is 458 g/mol. The minimum Gasteiger partial charge on any atom is -0.393 e. The van der Waals surface area contributed by atoms with Gasteiger partial charge in [0.1, 0.15) is 5.78 Å². The second kappa shape index (κ2) is 8.47. The number of aliphatic hydroxyl groups excluding tert-OH is 1. The zero-order chi connectivity index (χ0) is 24.4. The van der Waals surface area contributed by atoms with Crippen LogP contribution >= 0.6 is 0 Å². The molecule has 3 fully saturated rings. The first kappa shape index (κ1) is 25.4. The van der Waals surface area contributed by atoms with Crippen molar-refractivity contribution in [1.82, 2.24) is 0 Å². The molecule has 1 unspecified atom stereocenters.